The molecule has 0 N–H and O–H groups in total. The molecule has 1 fully saturated rings. The van der Waals surface area contributed by atoms with Gasteiger partial charge in [0.15, 0.2) is 5.82 Å². The number of hydrogen-bond donors (Lipinski definition) is 1. The molecule has 1 aliphatic rings. The topological polar surface area (TPSA) is 108 Å². The average molecular weight is 370 g/mol. The average Bonchev–Trinajstić information content (AvgIpc) is 3.20. The van der Waals surface area contributed by atoms with Crippen molar-refractivity contribution in [3.8, 4) is 0 Å². The van der Waals surface area contributed by atoms with E-state index in [0.717, 1.165) is 6.42 Å². The summed E-state index contributed by atoms with van der Waals surface area (Å²) < 4.78 is 6.64. The van der Waals surface area contributed by atoms with Crippen LogP contribution >= 0.6 is 12.6 Å². The zero-order valence-corrected chi connectivity index (χ0v) is 15.1. The van der Waals surface area contributed by atoms with Crippen LogP contribution < -0.4 is 0 Å². The van der Waals surface area contributed by atoms with Crippen LogP contribution in [0.4, 0.5) is 5.82 Å². The lowest BCUT2D eigenvalue weighted by Gasteiger charge is -2.25. The smallest absolute Gasteiger partial charge is 0.342 e. The molecular formula is C15H22N4O5S. The van der Waals surface area contributed by atoms with Gasteiger partial charge in [0.25, 0.3) is 0 Å². The van der Waals surface area contributed by atoms with Crippen LogP contribution in [0.1, 0.15) is 25.6 Å². The lowest BCUT2D eigenvalue weighted by atomic mass is 10.1. The summed E-state index contributed by atoms with van der Waals surface area (Å²) in [7, 11) is 0. The number of rotatable bonds is 7. The third-order valence-electron chi connectivity index (χ3n) is 4.28. The number of imidazole rings is 1. The fraction of sp³-hybridized carbons (Fsp3) is 0.667. The molecule has 1 aromatic rings. The third-order valence-corrected chi connectivity index (χ3v) is 4.83. The van der Waals surface area contributed by atoms with Crippen molar-refractivity contribution in [3.05, 3.63) is 22.1 Å². The Labute approximate surface area is 150 Å². The second-order valence-corrected chi connectivity index (χ2v) is 6.38. The van der Waals surface area contributed by atoms with E-state index >= 15 is 0 Å². The van der Waals surface area contributed by atoms with Crippen LogP contribution in [0, 0.1) is 23.0 Å². The van der Waals surface area contributed by atoms with Crippen molar-refractivity contribution in [3.63, 3.8) is 0 Å². The summed E-state index contributed by atoms with van der Waals surface area (Å²) in [4.78, 5) is 40.5. The first-order valence-electron chi connectivity index (χ1n) is 8.11. The van der Waals surface area contributed by atoms with Gasteiger partial charge in [-0.1, -0.05) is 6.92 Å². The van der Waals surface area contributed by atoms with Gasteiger partial charge in [0.05, 0.1) is 0 Å². The Balaban J connectivity index is 1.93. The second kappa shape index (κ2) is 8.32. The maximum Gasteiger partial charge on any atom is 0.342 e. The first kappa shape index (κ1) is 19.2. The Hall–Kier alpha value is -2.10. The van der Waals surface area contributed by atoms with Gasteiger partial charge in [-0.05, 0) is 17.8 Å². The maximum absolute atomic E-state index is 12.3. The Morgan fingerprint density at radius 1 is 1.56 bits per heavy atom. The molecule has 0 aliphatic carbocycles. The normalized spacial score (nSPS) is 18.2. The summed E-state index contributed by atoms with van der Waals surface area (Å²) in [5.41, 5.74) is 0. The van der Waals surface area contributed by atoms with E-state index in [0.29, 0.717) is 24.5 Å². The van der Waals surface area contributed by atoms with Gasteiger partial charge in [-0.25, -0.2) is 14.3 Å². The minimum Gasteiger partial charge on any atom is -0.460 e. The lowest BCUT2D eigenvalue weighted by molar-refractivity contribution is -0.392. The molecule has 138 valence electrons. The number of esters is 1. The Bertz CT molecular complexity index is 662. The molecule has 0 bridgehead atoms. The Morgan fingerprint density at radius 3 is 2.92 bits per heavy atom. The van der Waals surface area contributed by atoms with Crippen LogP contribution in [0.2, 0.25) is 0 Å². The van der Waals surface area contributed by atoms with Crippen molar-refractivity contribution in [1.82, 2.24) is 14.5 Å². The van der Waals surface area contributed by atoms with Gasteiger partial charge in [-0.15, -0.1) is 0 Å². The van der Waals surface area contributed by atoms with E-state index in [9.17, 15) is 19.7 Å². The first-order valence-corrected chi connectivity index (χ1v) is 8.74. The summed E-state index contributed by atoms with van der Waals surface area (Å²) in [6.45, 7) is 4.07. The van der Waals surface area contributed by atoms with Crippen LogP contribution in [0.25, 0.3) is 0 Å². The van der Waals surface area contributed by atoms with Crippen molar-refractivity contribution >= 4 is 30.3 Å². The molecule has 1 aliphatic heterocycles. The number of aromatic nitrogens is 2. The van der Waals surface area contributed by atoms with E-state index in [1.54, 1.807) is 18.7 Å². The number of ether oxygens (including phenoxy) is 1. The molecule has 9 nitrogen and oxygen atoms in total. The molecule has 10 heteroatoms. The van der Waals surface area contributed by atoms with E-state index in [1.165, 1.54) is 10.8 Å². The van der Waals surface area contributed by atoms with E-state index < -0.39 is 16.9 Å². The molecule has 0 unspecified atom stereocenters. The minimum absolute atomic E-state index is 0.0163. The molecule has 2 atom stereocenters. The van der Waals surface area contributed by atoms with Crippen LogP contribution in [0.5, 0.6) is 0 Å². The summed E-state index contributed by atoms with van der Waals surface area (Å²) >= 11 is 4.13. The van der Waals surface area contributed by atoms with Crippen LogP contribution in [0.3, 0.4) is 0 Å². The van der Waals surface area contributed by atoms with Crippen molar-refractivity contribution in [2.24, 2.45) is 5.92 Å². The Kier molecular flexibility index (Phi) is 6.40. The molecule has 25 heavy (non-hydrogen) atoms. The molecule has 1 saturated heterocycles. The highest BCUT2D eigenvalue weighted by molar-refractivity contribution is 7.80. The number of carbonyl (C=O) groups is 2. The van der Waals surface area contributed by atoms with Crippen molar-refractivity contribution < 1.29 is 19.2 Å². The Morgan fingerprint density at radius 2 is 2.28 bits per heavy atom. The zero-order valence-electron chi connectivity index (χ0n) is 14.3. The fourth-order valence-electron chi connectivity index (χ4n) is 2.85. The minimum atomic E-state index is -0.589. The van der Waals surface area contributed by atoms with Crippen LogP contribution in [-0.2, 0) is 20.9 Å². The van der Waals surface area contributed by atoms with Gasteiger partial charge in [-0.2, -0.15) is 12.6 Å². The summed E-state index contributed by atoms with van der Waals surface area (Å²) in [5.74, 6) is -0.0845. The lowest BCUT2D eigenvalue weighted by Crippen LogP contribution is -2.44. The van der Waals surface area contributed by atoms with Crippen molar-refractivity contribution in [2.45, 2.75) is 39.3 Å². The van der Waals surface area contributed by atoms with E-state index in [-0.39, 0.29) is 30.8 Å². The number of likely N-dealkylation sites (tertiary alicyclic amines) is 1. The molecule has 2 heterocycles. The largest absolute Gasteiger partial charge is 0.460 e. The summed E-state index contributed by atoms with van der Waals surface area (Å²) in [6, 6.07) is -0.589. The number of nitrogens with zero attached hydrogens (tertiary/aromatic N) is 4. The van der Waals surface area contributed by atoms with E-state index in [2.05, 4.69) is 17.6 Å². The molecule has 0 saturated carbocycles. The molecular weight excluding hydrogens is 348 g/mol. The maximum atomic E-state index is 12.3. The van der Waals surface area contributed by atoms with Gasteiger partial charge in [0.2, 0.25) is 5.91 Å². The number of thiol groups is 1. The van der Waals surface area contributed by atoms with Gasteiger partial charge in [0.1, 0.15) is 25.4 Å². The summed E-state index contributed by atoms with van der Waals surface area (Å²) in [6.07, 6.45) is 2.48. The molecule has 2 rings (SSSR count). The highest BCUT2D eigenvalue weighted by atomic mass is 32.1. The van der Waals surface area contributed by atoms with Crippen molar-refractivity contribution in [2.75, 3.05) is 18.9 Å². The monoisotopic (exact) mass is 370 g/mol. The molecule has 1 aromatic heterocycles. The van der Waals surface area contributed by atoms with Crippen molar-refractivity contribution in [1.29, 1.82) is 0 Å². The fourth-order valence-corrected chi connectivity index (χ4v) is 3.00. The number of hydrogen-bond acceptors (Lipinski definition) is 7. The number of carbonyl (C=O) groups excluding carboxylic acids is 2. The summed E-state index contributed by atoms with van der Waals surface area (Å²) in [5, 5.41) is 10.9. The highest BCUT2D eigenvalue weighted by Crippen LogP contribution is 2.21. The second-order valence-electron chi connectivity index (χ2n) is 6.01. The highest BCUT2D eigenvalue weighted by Gasteiger charge is 2.36. The van der Waals surface area contributed by atoms with Crippen LogP contribution in [0.15, 0.2) is 6.20 Å². The molecule has 0 radical (unpaired) electrons. The first-order chi connectivity index (χ1) is 11.9. The van der Waals surface area contributed by atoms with E-state index in [4.69, 9.17) is 4.74 Å². The molecule has 0 spiro atoms. The predicted molar refractivity (Wildman–Crippen MR) is 92.3 cm³/mol. The standard InChI is InChI=1S/C15H22N4O5S/c1-10(9-25)14(20)18-5-3-4-12(18)15(21)24-7-6-17-11(2)16-8-13(17)19(22)23/h8,10,12,25H,3-7,9H2,1-2H3/t10-,12+/m1/s1. The van der Waals surface area contributed by atoms with E-state index in [1.807, 2.05) is 0 Å². The number of amides is 1. The van der Waals surface area contributed by atoms with Gasteiger partial charge >= 0.3 is 11.8 Å². The predicted octanol–water partition coefficient (Wildman–Crippen LogP) is 1.20. The van der Waals surface area contributed by atoms with Gasteiger partial charge in [0, 0.05) is 25.1 Å². The third kappa shape index (κ3) is 4.30. The molecule has 1 amide bonds. The number of aryl methyl sites for hydroxylation is 1. The van der Waals surface area contributed by atoms with Gasteiger partial charge in [-0.3, -0.25) is 4.79 Å². The van der Waals surface area contributed by atoms with Crippen LogP contribution in [-0.4, -0.2) is 56.2 Å². The SMILES string of the molecule is Cc1ncc([N+](=O)[O-])n1CCOC(=O)[C@@H]1CCCN1C(=O)[C@H](C)CS. The molecule has 0 aromatic carbocycles. The quantitative estimate of drug-likeness (QED) is 0.334. The van der Waals surface area contributed by atoms with Gasteiger partial charge < -0.3 is 19.8 Å². The zero-order chi connectivity index (χ0) is 18.6. The number of nitro groups is 1.